The van der Waals surface area contributed by atoms with Crippen LogP contribution in [0.1, 0.15) is 45.4 Å². The minimum atomic E-state index is -4.31. The molecule has 0 amide bonds. The second-order valence-electron chi connectivity index (χ2n) is 4.69. The van der Waals surface area contributed by atoms with Crippen LogP contribution < -0.4 is 5.32 Å². The first-order chi connectivity index (χ1) is 8.40. The van der Waals surface area contributed by atoms with Crippen molar-refractivity contribution in [1.29, 1.82) is 0 Å². The summed E-state index contributed by atoms with van der Waals surface area (Å²) < 4.78 is 41.9. The minimum absolute atomic E-state index is 0.189. The third-order valence-electron chi connectivity index (χ3n) is 3.25. The highest BCUT2D eigenvalue weighted by molar-refractivity contribution is 5.80. The summed E-state index contributed by atoms with van der Waals surface area (Å²) in [6.07, 6.45) is -0.0628. The number of esters is 1. The normalized spacial score (nSPS) is 20.2. The van der Waals surface area contributed by atoms with E-state index >= 15 is 0 Å². The van der Waals surface area contributed by atoms with Crippen molar-refractivity contribution in [2.75, 3.05) is 13.2 Å². The number of carbonyl (C=O) groups excluding carboxylic acids is 1. The van der Waals surface area contributed by atoms with Crippen LogP contribution in [0.3, 0.4) is 0 Å². The Morgan fingerprint density at radius 1 is 1.22 bits per heavy atom. The summed E-state index contributed by atoms with van der Waals surface area (Å²) in [6, 6.07) is 0. The maximum Gasteiger partial charge on any atom is 0.401 e. The Morgan fingerprint density at radius 2 is 1.78 bits per heavy atom. The van der Waals surface area contributed by atoms with Gasteiger partial charge in [0.25, 0.3) is 0 Å². The van der Waals surface area contributed by atoms with Crippen LogP contribution in [0.2, 0.25) is 0 Å². The molecule has 1 aliphatic rings. The van der Waals surface area contributed by atoms with Gasteiger partial charge in [-0.1, -0.05) is 25.7 Å². The first-order valence-electron chi connectivity index (χ1n) is 6.39. The summed E-state index contributed by atoms with van der Waals surface area (Å²) in [5.41, 5.74) is -1.15. The lowest BCUT2D eigenvalue weighted by Crippen LogP contribution is -2.55. The van der Waals surface area contributed by atoms with Crippen molar-refractivity contribution in [2.45, 2.75) is 57.2 Å². The molecule has 0 radical (unpaired) electrons. The van der Waals surface area contributed by atoms with Crippen LogP contribution >= 0.6 is 0 Å². The van der Waals surface area contributed by atoms with Crippen LogP contribution in [-0.4, -0.2) is 30.8 Å². The van der Waals surface area contributed by atoms with E-state index in [9.17, 15) is 18.0 Å². The molecule has 0 atom stereocenters. The fourth-order valence-corrected chi connectivity index (χ4v) is 2.32. The second kappa shape index (κ2) is 6.41. The van der Waals surface area contributed by atoms with E-state index in [-0.39, 0.29) is 6.61 Å². The number of carbonyl (C=O) groups is 1. The molecule has 1 saturated carbocycles. The second-order valence-corrected chi connectivity index (χ2v) is 4.69. The Kier molecular flexibility index (Phi) is 5.44. The average Bonchev–Trinajstić information content (AvgIpc) is 2.52. The zero-order valence-corrected chi connectivity index (χ0v) is 10.6. The maximum atomic E-state index is 12.3. The molecule has 0 spiro atoms. The molecule has 3 nitrogen and oxygen atoms in total. The quantitative estimate of drug-likeness (QED) is 0.628. The molecule has 0 unspecified atom stereocenters. The van der Waals surface area contributed by atoms with Gasteiger partial charge in [0.15, 0.2) is 0 Å². The Hall–Kier alpha value is -0.780. The van der Waals surface area contributed by atoms with E-state index in [1.165, 1.54) is 0 Å². The topological polar surface area (TPSA) is 38.3 Å². The lowest BCUT2D eigenvalue weighted by Gasteiger charge is -2.31. The Morgan fingerprint density at radius 3 is 2.22 bits per heavy atom. The smallest absolute Gasteiger partial charge is 0.401 e. The molecule has 0 bridgehead atoms. The monoisotopic (exact) mass is 267 g/mol. The van der Waals surface area contributed by atoms with Gasteiger partial charge in [0.05, 0.1) is 13.2 Å². The Labute approximate surface area is 105 Å². The maximum absolute atomic E-state index is 12.3. The molecule has 106 valence electrons. The van der Waals surface area contributed by atoms with Gasteiger partial charge in [-0.05, 0) is 19.8 Å². The van der Waals surface area contributed by atoms with Crippen molar-refractivity contribution in [2.24, 2.45) is 0 Å². The zero-order chi connectivity index (χ0) is 13.6. The summed E-state index contributed by atoms with van der Waals surface area (Å²) in [4.78, 5) is 11.9. The Bertz CT molecular complexity index is 271. The van der Waals surface area contributed by atoms with Crippen LogP contribution in [0, 0.1) is 0 Å². The number of alkyl halides is 3. The summed E-state index contributed by atoms with van der Waals surface area (Å²) in [5, 5.41) is 2.40. The van der Waals surface area contributed by atoms with Gasteiger partial charge >= 0.3 is 12.1 Å². The number of hydrogen-bond donors (Lipinski definition) is 1. The van der Waals surface area contributed by atoms with Gasteiger partial charge < -0.3 is 4.74 Å². The molecular weight excluding hydrogens is 247 g/mol. The van der Waals surface area contributed by atoms with Gasteiger partial charge in [0, 0.05) is 0 Å². The molecule has 1 fully saturated rings. The fourth-order valence-electron chi connectivity index (χ4n) is 2.32. The van der Waals surface area contributed by atoms with E-state index < -0.39 is 24.2 Å². The average molecular weight is 267 g/mol. The fraction of sp³-hybridized carbons (Fsp3) is 0.917. The van der Waals surface area contributed by atoms with Gasteiger partial charge in [-0.25, -0.2) is 0 Å². The molecular formula is C12H20F3NO2. The molecule has 1 aliphatic carbocycles. The molecule has 0 heterocycles. The SMILES string of the molecule is CCOC(=O)C1(NCC(F)(F)F)CCCCCC1. The van der Waals surface area contributed by atoms with E-state index in [1.54, 1.807) is 6.92 Å². The molecule has 0 aliphatic heterocycles. The van der Waals surface area contributed by atoms with Gasteiger partial charge in [-0.2, -0.15) is 13.2 Å². The summed E-state index contributed by atoms with van der Waals surface area (Å²) in [7, 11) is 0. The highest BCUT2D eigenvalue weighted by Crippen LogP contribution is 2.29. The molecule has 1 N–H and O–H groups in total. The first-order valence-corrected chi connectivity index (χ1v) is 6.39. The van der Waals surface area contributed by atoms with Crippen LogP contribution in [0.25, 0.3) is 0 Å². The van der Waals surface area contributed by atoms with E-state index in [0.29, 0.717) is 12.8 Å². The van der Waals surface area contributed by atoms with Gasteiger partial charge in [-0.15, -0.1) is 0 Å². The van der Waals surface area contributed by atoms with Crippen molar-refractivity contribution in [3.8, 4) is 0 Å². The van der Waals surface area contributed by atoms with Crippen LogP contribution in [0.5, 0.6) is 0 Å². The Balaban J connectivity index is 2.75. The third kappa shape index (κ3) is 4.48. The van der Waals surface area contributed by atoms with E-state index in [0.717, 1.165) is 25.7 Å². The molecule has 0 aromatic carbocycles. The van der Waals surface area contributed by atoms with Crippen molar-refractivity contribution in [3.63, 3.8) is 0 Å². The van der Waals surface area contributed by atoms with Crippen molar-refractivity contribution in [1.82, 2.24) is 5.32 Å². The largest absolute Gasteiger partial charge is 0.465 e. The number of halogens is 3. The standard InChI is InChI=1S/C12H20F3NO2/c1-2-18-10(17)11(16-9-12(13,14)15)7-5-3-4-6-8-11/h16H,2-9H2,1H3. The van der Waals surface area contributed by atoms with Gasteiger partial charge in [0.1, 0.15) is 5.54 Å². The van der Waals surface area contributed by atoms with Crippen LogP contribution in [0.4, 0.5) is 13.2 Å². The minimum Gasteiger partial charge on any atom is -0.465 e. The number of ether oxygens (including phenoxy) is 1. The van der Waals surface area contributed by atoms with Crippen LogP contribution in [0.15, 0.2) is 0 Å². The van der Waals surface area contributed by atoms with Gasteiger partial charge in [0.2, 0.25) is 0 Å². The predicted octanol–water partition coefficient (Wildman–Crippen LogP) is 2.79. The van der Waals surface area contributed by atoms with Crippen molar-refractivity contribution < 1.29 is 22.7 Å². The van der Waals surface area contributed by atoms with E-state index in [1.807, 2.05) is 0 Å². The molecule has 18 heavy (non-hydrogen) atoms. The first kappa shape index (κ1) is 15.3. The summed E-state index contributed by atoms with van der Waals surface area (Å²) >= 11 is 0. The molecule has 0 aromatic rings. The van der Waals surface area contributed by atoms with Crippen LogP contribution in [-0.2, 0) is 9.53 Å². The third-order valence-corrected chi connectivity index (χ3v) is 3.25. The zero-order valence-electron chi connectivity index (χ0n) is 10.6. The summed E-state index contributed by atoms with van der Waals surface area (Å²) in [5.74, 6) is -0.545. The number of rotatable bonds is 4. The molecule has 0 saturated heterocycles. The van der Waals surface area contributed by atoms with Gasteiger partial charge in [-0.3, -0.25) is 10.1 Å². The highest BCUT2D eigenvalue weighted by Gasteiger charge is 2.42. The molecule has 6 heteroatoms. The number of nitrogens with one attached hydrogen (secondary N) is 1. The molecule has 0 aromatic heterocycles. The van der Waals surface area contributed by atoms with E-state index in [2.05, 4.69) is 5.32 Å². The lowest BCUT2D eigenvalue weighted by molar-refractivity contribution is -0.156. The number of hydrogen-bond acceptors (Lipinski definition) is 3. The lowest BCUT2D eigenvalue weighted by atomic mass is 9.90. The van der Waals surface area contributed by atoms with Crippen molar-refractivity contribution >= 4 is 5.97 Å². The molecule has 1 rings (SSSR count). The summed E-state index contributed by atoms with van der Waals surface area (Å²) in [6.45, 7) is 0.701. The van der Waals surface area contributed by atoms with E-state index in [4.69, 9.17) is 4.74 Å². The highest BCUT2D eigenvalue weighted by atomic mass is 19.4. The van der Waals surface area contributed by atoms with Crippen molar-refractivity contribution in [3.05, 3.63) is 0 Å². The predicted molar refractivity (Wildman–Crippen MR) is 61.1 cm³/mol.